The average Bonchev–Trinajstić information content (AvgIpc) is 3.23. The molecule has 0 saturated heterocycles. The molecule has 1 atom stereocenters. The van der Waals surface area contributed by atoms with Crippen LogP contribution in [0.4, 0.5) is 0 Å². The third kappa shape index (κ3) is 46.3. The van der Waals surface area contributed by atoms with Crippen molar-refractivity contribution in [3.63, 3.8) is 0 Å². The summed E-state index contributed by atoms with van der Waals surface area (Å²) in [5.74, 6) is -0.914. The van der Waals surface area contributed by atoms with E-state index >= 15 is 0 Å². The predicted molar refractivity (Wildman–Crippen MR) is 252 cm³/mol. The van der Waals surface area contributed by atoms with Crippen molar-refractivity contribution < 1.29 is 28.6 Å². The fourth-order valence-electron chi connectivity index (χ4n) is 6.98. The number of unbranched alkanes of at least 4 members (excludes halogenated alkanes) is 27. The molecule has 0 rings (SSSR count). The van der Waals surface area contributed by atoms with Gasteiger partial charge in [0.05, 0.1) is 0 Å². The van der Waals surface area contributed by atoms with Gasteiger partial charge >= 0.3 is 17.9 Å². The molecule has 0 aromatic rings. The minimum Gasteiger partial charge on any atom is -0.462 e. The summed E-state index contributed by atoms with van der Waals surface area (Å²) < 4.78 is 16.7. The molecule has 0 bridgehead atoms. The third-order valence-electron chi connectivity index (χ3n) is 10.8. The zero-order chi connectivity index (χ0) is 43.0. The van der Waals surface area contributed by atoms with Crippen LogP contribution < -0.4 is 0 Å². The Hall–Kier alpha value is -2.63. The number of esters is 3. The SMILES string of the molecule is CCCC/C=C\C=C/CCCCCC(=O)OCC(COC(=O)CCCCCCCCC/C=C\C/C=C\CCCCC)OC(=O)CCCCCCCCCCCCCCC. The van der Waals surface area contributed by atoms with Crippen LogP contribution in [0.5, 0.6) is 0 Å². The summed E-state index contributed by atoms with van der Waals surface area (Å²) in [6.45, 7) is 6.54. The second-order valence-electron chi connectivity index (χ2n) is 16.8. The Kier molecular flexibility index (Phi) is 45.9. The summed E-state index contributed by atoms with van der Waals surface area (Å²) in [6.07, 6.45) is 56.6. The molecule has 0 amide bonds. The molecule has 59 heavy (non-hydrogen) atoms. The van der Waals surface area contributed by atoms with E-state index in [0.717, 1.165) is 83.5 Å². The van der Waals surface area contributed by atoms with Crippen molar-refractivity contribution in [1.82, 2.24) is 0 Å². The van der Waals surface area contributed by atoms with Crippen molar-refractivity contribution in [2.45, 2.75) is 258 Å². The van der Waals surface area contributed by atoms with Gasteiger partial charge in [-0.15, -0.1) is 0 Å². The Labute approximate surface area is 365 Å². The van der Waals surface area contributed by atoms with Crippen LogP contribution in [0.2, 0.25) is 0 Å². The summed E-state index contributed by atoms with van der Waals surface area (Å²) in [6, 6.07) is 0. The van der Waals surface area contributed by atoms with Gasteiger partial charge in [0.1, 0.15) is 13.2 Å². The number of carbonyl (C=O) groups is 3. The molecule has 0 saturated carbocycles. The molecular formula is C53H94O6. The van der Waals surface area contributed by atoms with E-state index in [1.54, 1.807) is 0 Å². The Morgan fingerprint density at radius 2 is 0.678 bits per heavy atom. The van der Waals surface area contributed by atoms with Crippen LogP contribution in [0.1, 0.15) is 252 Å². The first-order valence-electron chi connectivity index (χ1n) is 25.2. The van der Waals surface area contributed by atoms with E-state index in [4.69, 9.17) is 14.2 Å². The lowest BCUT2D eigenvalue weighted by molar-refractivity contribution is -0.167. The van der Waals surface area contributed by atoms with Gasteiger partial charge in [0, 0.05) is 19.3 Å². The normalized spacial score (nSPS) is 12.4. The number of rotatable bonds is 45. The van der Waals surface area contributed by atoms with Gasteiger partial charge in [0.25, 0.3) is 0 Å². The molecule has 0 aliphatic heterocycles. The number of allylic oxidation sites excluding steroid dienone is 8. The monoisotopic (exact) mass is 827 g/mol. The molecule has 1 unspecified atom stereocenters. The molecule has 0 spiro atoms. The van der Waals surface area contributed by atoms with E-state index < -0.39 is 6.10 Å². The van der Waals surface area contributed by atoms with Gasteiger partial charge < -0.3 is 14.2 Å². The molecule has 6 nitrogen and oxygen atoms in total. The van der Waals surface area contributed by atoms with E-state index in [2.05, 4.69) is 69.4 Å². The average molecular weight is 827 g/mol. The number of carbonyl (C=O) groups excluding carboxylic acids is 3. The van der Waals surface area contributed by atoms with Crippen molar-refractivity contribution in [2.24, 2.45) is 0 Å². The Morgan fingerprint density at radius 1 is 0.356 bits per heavy atom. The Morgan fingerprint density at radius 3 is 1.14 bits per heavy atom. The second-order valence-corrected chi connectivity index (χ2v) is 16.8. The molecule has 0 fully saturated rings. The predicted octanol–water partition coefficient (Wildman–Crippen LogP) is 16.3. The molecule has 6 heteroatoms. The van der Waals surface area contributed by atoms with Crippen molar-refractivity contribution in [3.05, 3.63) is 48.6 Å². The first kappa shape index (κ1) is 56.4. The first-order chi connectivity index (χ1) is 29.0. The Bertz CT molecular complexity index is 1040. The summed E-state index contributed by atoms with van der Waals surface area (Å²) in [4.78, 5) is 37.9. The summed E-state index contributed by atoms with van der Waals surface area (Å²) in [5, 5.41) is 0. The van der Waals surface area contributed by atoms with Crippen LogP contribution in [0, 0.1) is 0 Å². The van der Waals surface area contributed by atoms with Gasteiger partial charge in [-0.2, -0.15) is 0 Å². The fraction of sp³-hybridized carbons (Fsp3) is 0.792. The van der Waals surface area contributed by atoms with Crippen LogP contribution in [-0.2, 0) is 28.6 Å². The number of hydrogen-bond acceptors (Lipinski definition) is 6. The summed E-state index contributed by atoms with van der Waals surface area (Å²) in [5.41, 5.74) is 0. The van der Waals surface area contributed by atoms with E-state index in [-0.39, 0.29) is 31.1 Å². The fourth-order valence-corrected chi connectivity index (χ4v) is 6.98. The van der Waals surface area contributed by atoms with Gasteiger partial charge in [0.15, 0.2) is 6.10 Å². The van der Waals surface area contributed by atoms with Crippen molar-refractivity contribution >= 4 is 17.9 Å². The quantitative estimate of drug-likeness (QED) is 0.0200. The topological polar surface area (TPSA) is 78.9 Å². The number of ether oxygens (including phenoxy) is 3. The highest BCUT2D eigenvalue weighted by molar-refractivity contribution is 5.71. The maximum absolute atomic E-state index is 12.8. The van der Waals surface area contributed by atoms with Crippen molar-refractivity contribution in [3.8, 4) is 0 Å². The molecular weight excluding hydrogens is 733 g/mol. The second kappa shape index (κ2) is 48.0. The van der Waals surface area contributed by atoms with E-state index in [1.165, 1.54) is 128 Å². The van der Waals surface area contributed by atoms with Gasteiger partial charge in [-0.3, -0.25) is 14.4 Å². The lowest BCUT2D eigenvalue weighted by atomic mass is 10.0. The zero-order valence-corrected chi connectivity index (χ0v) is 39.0. The first-order valence-corrected chi connectivity index (χ1v) is 25.2. The van der Waals surface area contributed by atoms with Crippen LogP contribution in [0.3, 0.4) is 0 Å². The molecule has 0 aromatic heterocycles. The molecule has 0 aromatic carbocycles. The highest BCUT2D eigenvalue weighted by atomic mass is 16.6. The van der Waals surface area contributed by atoms with Crippen LogP contribution in [0.25, 0.3) is 0 Å². The molecule has 0 aliphatic rings. The molecule has 0 N–H and O–H groups in total. The van der Waals surface area contributed by atoms with Gasteiger partial charge in [0.2, 0.25) is 0 Å². The van der Waals surface area contributed by atoms with Crippen molar-refractivity contribution in [2.75, 3.05) is 13.2 Å². The van der Waals surface area contributed by atoms with E-state index in [0.29, 0.717) is 19.3 Å². The molecule has 0 radical (unpaired) electrons. The molecule has 0 heterocycles. The maximum atomic E-state index is 12.8. The highest BCUT2D eigenvalue weighted by Crippen LogP contribution is 2.15. The summed E-state index contributed by atoms with van der Waals surface area (Å²) in [7, 11) is 0. The van der Waals surface area contributed by atoms with Crippen LogP contribution in [0.15, 0.2) is 48.6 Å². The smallest absolute Gasteiger partial charge is 0.306 e. The van der Waals surface area contributed by atoms with Gasteiger partial charge in [-0.25, -0.2) is 0 Å². The zero-order valence-electron chi connectivity index (χ0n) is 39.0. The van der Waals surface area contributed by atoms with Gasteiger partial charge in [-0.05, 0) is 70.6 Å². The van der Waals surface area contributed by atoms with E-state index in [9.17, 15) is 14.4 Å². The molecule has 0 aliphatic carbocycles. The third-order valence-corrected chi connectivity index (χ3v) is 10.8. The minimum absolute atomic E-state index is 0.0840. The molecule has 342 valence electrons. The van der Waals surface area contributed by atoms with Crippen molar-refractivity contribution in [1.29, 1.82) is 0 Å². The highest BCUT2D eigenvalue weighted by Gasteiger charge is 2.19. The summed E-state index contributed by atoms with van der Waals surface area (Å²) >= 11 is 0. The van der Waals surface area contributed by atoms with Crippen LogP contribution in [-0.4, -0.2) is 37.2 Å². The van der Waals surface area contributed by atoms with Crippen LogP contribution >= 0.6 is 0 Å². The maximum Gasteiger partial charge on any atom is 0.306 e. The largest absolute Gasteiger partial charge is 0.462 e. The lowest BCUT2D eigenvalue weighted by Crippen LogP contribution is -2.30. The Balaban J connectivity index is 4.37. The van der Waals surface area contributed by atoms with Gasteiger partial charge in [-0.1, -0.05) is 211 Å². The number of hydrogen-bond donors (Lipinski definition) is 0. The minimum atomic E-state index is -0.783. The van der Waals surface area contributed by atoms with E-state index in [1.807, 2.05) is 0 Å². The standard InChI is InChI=1S/C53H94O6/c1-4-7-10-13-16-19-22-24-25-26-27-29-31-34-37-40-43-46-52(55)58-49-50(48-57-51(54)45-42-39-36-33-30-21-18-15-12-9-6-3)59-53(56)47-44-41-38-35-32-28-23-20-17-14-11-8-5-2/h15-16,18-19,21,24-25,30,50H,4-14,17,20,22-23,26-29,31-49H2,1-3H3/b18-15-,19-16-,25-24-,30-21-. The lowest BCUT2D eigenvalue weighted by Gasteiger charge is -2.18.